The summed E-state index contributed by atoms with van der Waals surface area (Å²) in [4.78, 5) is 0. The molecule has 0 aromatic heterocycles. The first-order valence-corrected chi connectivity index (χ1v) is 7.96. The van der Waals surface area contributed by atoms with Crippen LogP contribution < -0.4 is 11.5 Å². The number of hydrogen-bond acceptors (Lipinski definition) is 2. The van der Waals surface area contributed by atoms with Crippen molar-refractivity contribution in [2.75, 3.05) is 0 Å². The van der Waals surface area contributed by atoms with Crippen molar-refractivity contribution in [3.05, 3.63) is 70.3 Å². The van der Waals surface area contributed by atoms with E-state index in [1.165, 1.54) is 40.7 Å². The topological polar surface area (TPSA) is 52.0 Å². The number of rotatable bonds is 1. The van der Waals surface area contributed by atoms with Crippen molar-refractivity contribution in [3.8, 4) is 0 Å². The molecular weight excluding hydrogens is 256 g/mol. The van der Waals surface area contributed by atoms with Crippen molar-refractivity contribution in [2.45, 2.75) is 43.7 Å². The van der Waals surface area contributed by atoms with E-state index in [9.17, 15) is 0 Å². The molecule has 3 atom stereocenters. The minimum Gasteiger partial charge on any atom is -0.324 e. The van der Waals surface area contributed by atoms with Crippen LogP contribution in [0.15, 0.2) is 42.5 Å². The Bertz CT molecular complexity index is 677. The highest BCUT2D eigenvalue weighted by atomic mass is 14.7. The molecule has 0 amide bonds. The van der Waals surface area contributed by atoms with Gasteiger partial charge in [-0.15, -0.1) is 0 Å². The van der Waals surface area contributed by atoms with Crippen LogP contribution in [-0.2, 0) is 12.8 Å². The zero-order chi connectivity index (χ0) is 14.4. The Morgan fingerprint density at radius 2 is 1.76 bits per heavy atom. The Kier molecular flexibility index (Phi) is 3.09. The van der Waals surface area contributed by atoms with Gasteiger partial charge in [0, 0.05) is 18.0 Å². The molecule has 2 aromatic carbocycles. The molecule has 4 rings (SSSR count). The van der Waals surface area contributed by atoms with Crippen LogP contribution in [0.3, 0.4) is 0 Å². The van der Waals surface area contributed by atoms with Crippen molar-refractivity contribution in [1.29, 1.82) is 0 Å². The summed E-state index contributed by atoms with van der Waals surface area (Å²) in [5, 5.41) is 0. The standard InChI is InChI=1S/C19H22N2/c20-18-7-3-5-12-8-9-14(10-16(12)18)17-11-13-4-1-2-6-15(13)19(17)21/h1-2,4,6,8-10,17-19H,3,5,7,11,20-21H2. The molecular formula is C19H22N2. The van der Waals surface area contributed by atoms with E-state index in [0.717, 1.165) is 12.8 Å². The lowest BCUT2D eigenvalue weighted by Crippen LogP contribution is -2.19. The second kappa shape index (κ2) is 4.97. The van der Waals surface area contributed by atoms with Gasteiger partial charge in [0.15, 0.2) is 0 Å². The molecule has 108 valence electrons. The average molecular weight is 278 g/mol. The second-order valence-electron chi connectivity index (χ2n) is 6.49. The van der Waals surface area contributed by atoms with Gasteiger partial charge < -0.3 is 11.5 Å². The van der Waals surface area contributed by atoms with E-state index >= 15 is 0 Å². The third kappa shape index (κ3) is 2.10. The minimum absolute atomic E-state index is 0.110. The van der Waals surface area contributed by atoms with Crippen molar-refractivity contribution in [3.63, 3.8) is 0 Å². The average Bonchev–Trinajstić information content (AvgIpc) is 2.85. The first-order chi connectivity index (χ1) is 10.2. The third-order valence-electron chi connectivity index (χ3n) is 5.25. The molecule has 2 aromatic rings. The van der Waals surface area contributed by atoms with Crippen LogP contribution in [-0.4, -0.2) is 0 Å². The zero-order valence-corrected chi connectivity index (χ0v) is 12.3. The predicted molar refractivity (Wildman–Crippen MR) is 86.1 cm³/mol. The summed E-state index contributed by atoms with van der Waals surface area (Å²) in [6.07, 6.45) is 4.53. The summed E-state index contributed by atoms with van der Waals surface area (Å²) in [7, 11) is 0. The summed E-state index contributed by atoms with van der Waals surface area (Å²) in [5.74, 6) is 0.391. The van der Waals surface area contributed by atoms with Crippen molar-refractivity contribution in [2.24, 2.45) is 11.5 Å². The van der Waals surface area contributed by atoms with E-state index in [4.69, 9.17) is 11.5 Å². The molecule has 21 heavy (non-hydrogen) atoms. The fraction of sp³-hybridized carbons (Fsp3) is 0.368. The first-order valence-electron chi connectivity index (χ1n) is 7.96. The van der Waals surface area contributed by atoms with Crippen LogP contribution in [0, 0.1) is 0 Å². The summed E-state index contributed by atoms with van der Waals surface area (Å²) >= 11 is 0. The highest BCUT2D eigenvalue weighted by Crippen LogP contribution is 2.42. The normalized spacial score (nSPS) is 27.2. The SMILES string of the molecule is NC1CCCc2ccc(C3Cc4ccccc4C3N)cc21. The van der Waals surface area contributed by atoms with Crippen LogP contribution in [0.5, 0.6) is 0 Å². The molecule has 2 aliphatic carbocycles. The minimum atomic E-state index is 0.110. The molecule has 2 heteroatoms. The molecule has 0 heterocycles. The van der Waals surface area contributed by atoms with Gasteiger partial charge in [-0.1, -0.05) is 42.5 Å². The maximum atomic E-state index is 6.50. The maximum absolute atomic E-state index is 6.50. The molecule has 2 nitrogen and oxygen atoms in total. The van der Waals surface area contributed by atoms with E-state index in [2.05, 4.69) is 42.5 Å². The van der Waals surface area contributed by atoms with Gasteiger partial charge in [-0.25, -0.2) is 0 Å². The van der Waals surface area contributed by atoms with Gasteiger partial charge in [-0.05, 0) is 53.5 Å². The van der Waals surface area contributed by atoms with E-state index < -0.39 is 0 Å². The molecule has 0 radical (unpaired) electrons. The van der Waals surface area contributed by atoms with Crippen LogP contribution in [0.2, 0.25) is 0 Å². The highest BCUT2D eigenvalue weighted by Gasteiger charge is 2.31. The first kappa shape index (κ1) is 13.1. The maximum Gasteiger partial charge on any atom is 0.0370 e. The van der Waals surface area contributed by atoms with Crippen LogP contribution in [0.1, 0.15) is 58.7 Å². The summed E-state index contributed by atoms with van der Waals surface area (Å²) < 4.78 is 0. The Labute approximate surface area is 126 Å². The fourth-order valence-corrected chi connectivity index (χ4v) is 4.04. The molecule has 0 saturated heterocycles. The number of fused-ring (bicyclic) bond motifs is 2. The molecule has 3 unspecified atom stereocenters. The summed E-state index contributed by atoms with van der Waals surface area (Å²) in [6, 6.07) is 15.8. The number of aryl methyl sites for hydroxylation is 1. The van der Waals surface area contributed by atoms with Crippen molar-refractivity contribution in [1.82, 2.24) is 0 Å². The smallest absolute Gasteiger partial charge is 0.0370 e. The second-order valence-corrected chi connectivity index (χ2v) is 6.49. The molecule has 0 saturated carbocycles. The molecule has 2 aliphatic rings. The zero-order valence-electron chi connectivity index (χ0n) is 12.3. The van der Waals surface area contributed by atoms with Gasteiger partial charge in [-0.3, -0.25) is 0 Å². The van der Waals surface area contributed by atoms with Gasteiger partial charge in [0.25, 0.3) is 0 Å². The van der Waals surface area contributed by atoms with Gasteiger partial charge in [0.05, 0.1) is 0 Å². The van der Waals surface area contributed by atoms with E-state index in [0.29, 0.717) is 5.92 Å². The van der Waals surface area contributed by atoms with Crippen LogP contribution in [0.25, 0.3) is 0 Å². The summed E-state index contributed by atoms with van der Waals surface area (Å²) in [5.41, 5.74) is 19.7. The largest absolute Gasteiger partial charge is 0.324 e. The predicted octanol–water partition coefficient (Wildman–Crippen LogP) is 3.36. The third-order valence-corrected chi connectivity index (χ3v) is 5.25. The van der Waals surface area contributed by atoms with Crippen LogP contribution >= 0.6 is 0 Å². The lowest BCUT2D eigenvalue weighted by molar-refractivity contribution is 0.562. The van der Waals surface area contributed by atoms with E-state index in [1.54, 1.807) is 0 Å². The van der Waals surface area contributed by atoms with Crippen molar-refractivity contribution < 1.29 is 0 Å². The van der Waals surface area contributed by atoms with E-state index in [-0.39, 0.29) is 12.1 Å². The Balaban J connectivity index is 1.71. The lowest BCUT2D eigenvalue weighted by Gasteiger charge is -2.25. The number of benzene rings is 2. The summed E-state index contributed by atoms with van der Waals surface area (Å²) in [6.45, 7) is 0. The Morgan fingerprint density at radius 3 is 2.62 bits per heavy atom. The Morgan fingerprint density at radius 1 is 0.905 bits per heavy atom. The van der Waals surface area contributed by atoms with Gasteiger partial charge in [0.2, 0.25) is 0 Å². The monoisotopic (exact) mass is 278 g/mol. The van der Waals surface area contributed by atoms with Crippen LogP contribution in [0.4, 0.5) is 0 Å². The quantitative estimate of drug-likeness (QED) is 0.840. The molecule has 0 spiro atoms. The highest BCUT2D eigenvalue weighted by molar-refractivity contribution is 5.44. The lowest BCUT2D eigenvalue weighted by atomic mass is 9.83. The molecule has 0 fully saturated rings. The molecule has 4 N–H and O–H groups in total. The van der Waals surface area contributed by atoms with Gasteiger partial charge in [0.1, 0.15) is 0 Å². The van der Waals surface area contributed by atoms with Gasteiger partial charge in [-0.2, -0.15) is 0 Å². The number of hydrogen-bond donors (Lipinski definition) is 2. The van der Waals surface area contributed by atoms with Gasteiger partial charge >= 0.3 is 0 Å². The fourth-order valence-electron chi connectivity index (χ4n) is 4.04. The number of nitrogens with two attached hydrogens (primary N) is 2. The molecule has 0 bridgehead atoms. The Hall–Kier alpha value is -1.64. The molecule has 0 aliphatic heterocycles. The van der Waals surface area contributed by atoms with Crippen molar-refractivity contribution >= 4 is 0 Å². The van der Waals surface area contributed by atoms with E-state index in [1.807, 2.05) is 0 Å².